The molecule has 1 heterocycles. The van der Waals surface area contributed by atoms with Gasteiger partial charge in [0.15, 0.2) is 0 Å². The van der Waals surface area contributed by atoms with Gasteiger partial charge in [0.1, 0.15) is 5.82 Å². The number of aliphatic hydroxyl groups is 1. The summed E-state index contributed by atoms with van der Waals surface area (Å²) in [5, 5.41) is 11.6. The Morgan fingerprint density at radius 2 is 2.12 bits per heavy atom. The molecule has 17 heavy (non-hydrogen) atoms. The fourth-order valence-corrected chi connectivity index (χ4v) is 1.93. The average Bonchev–Trinajstić information content (AvgIpc) is 2.69. The number of halogens is 1. The number of benzene rings is 1. The van der Waals surface area contributed by atoms with Crippen molar-refractivity contribution < 1.29 is 14.3 Å². The lowest BCUT2D eigenvalue weighted by atomic mass is 10.1. The van der Waals surface area contributed by atoms with Crippen LogP contribution in [0.4, 0.5) is 9.18 Å². The van der Waals surface area contributed by atoms with Crippen LogP contribution in [0.5, 0.6) is 0 Å². The molecule has 2 amide bonds. The maximum Gasteiger partial charge on any atom is 0.318 e. The van der Waals surface area contributed by atoms with Crippen LogP contribution in [0, 0.1) is 5.82 Å². The molecule has 1 unspecified atom stereocenters. The molecule has 1 aliphatic rings. The van der Waals surface area contributed by atoms with Crippen molar-refractivity contribution in [3.05, 3.63) is 35.6 Å². The van der Waals surface area contributed by atoms with Gasteiger partial charge in [0.2, 0.25) is 0 Å². The molecule has 1 aromatic rings. The van der Waals surface area contributed by atoms with E-state index in [1.165, 1.54) is 12.1 Å². The number of amides is 2. The molecule has 1 fully saturated rings. The third-order valence-corrected chi connectivity index (χ3v) is 2.85. The van der Waals surface area contributed by atoms with Crippen molar-refractivity contribution >= 4 is 6.03 Å². The smallest absolute Gasteiger partial charge is 0.318 e. The van der Waals surface area contributed by atoms with Gasteiger partial charge in [0, 0.05) is 19.7 Å². The van der Waals surface area contributed by atoms with E-state index in [-0.39, 0.29) is 24.5 Å². The van der Waals surface area contributed by atoms with Gasteiger partial charge < -0.3 is 15.3 Å². The molecule has 0 bridgehead atoms. The van der Waals surface area contributed by atoms with Gasteiger partial charge in [0.05, 0.1) is 6.04 Å². The molecule has 2 rings (SSSR count). The predicted octanol–water partition coefficient (Wildman–Crippen LogP) is 1.27. The van der Waals surface area contributed by atoms with E-state index in [1.807, 2.05) is 0 Å². The number of hydrogen-bond acceptors (Lipinski definition) is 2. The second kappa shape index (κ2) is 5.14. The van der Waals surface area contributed by atoms with Gasteiger partial charge in [0.25, 0.3) is 0 Å². The summed E-state index contributed by atoms with van der Waals surface area (Å²) in [5.74, 6) is -0.282. The van der Waals surface area contributed by atoms with Crippen LogP contribution < -0.4 is 5.32 Å². The zero-order valence-electron chi connectivity index (χ0n) is 9.40. The molecule has 0 spiro atoms. The molecule has 2 N–H and O–H groups in total. The summed E-state index contributed by atoms with van der Waals surface area (Å²) in [6.45, 7) is 1.18. The summed E-state index contributed by atoms with van der Waals surface area (Å²) in [7, 11) is 0. The van der Waals surface area contributed by atoms with Crippen molar-refractivity contribution in [3.8, 4) is 0 Å². The molecular weight excluding hydrogens is 223 g/mol. The van der Waals surface area contributed by atoms with Crippen molar-refractivity contribution in [2.45, 2.75) is 12.5 Å². The Morgan fingerprint density at radius 3 is 2.76 bits per heavy atom. The first-order valence-corrected chi connectivity index (χ1v) is 5.62. The summed E-state index contributed by atoms with van der Waals surface area (Å²) < 4.78 is 12.8. The molecule has 1 aliphatic heterocycles. The lowest BCUT2D eigenvalue weighted by Gasteiger charge is -2.13. The standard InChI is InChI=1S/C12H15FN2O2/c13-10-4-2-9(3-5-10)11-8-15(6-1-7-16)12(17)14-11/h2-5,11,16H,1,6-8H2,(H,14,17). The molecule has 5 heteroatoms. The van der Waals surface area contributed by atoms with Gasteiger partial charge in [-0.05, 0) is 24.1 Å². The van der Waals surface area contributed by atoms with Crippen LogP contribution in [-0.2, 0) is 0 Å². The van der Waals surface area contributed by atoms with E-state index in [0.717, 1.165) is 5.56 Å². The zero-order valence-corrected chi connectivity index (χ0v) is 9.40. The highest BCUT2D eigenvalue weighted by molar-refractivity contribution is 5.77. The van der Waals surface area contributed by atoms with Gasteiger partial charge in [-0.15, -0.1) is 0 Å². The minimum Gasteiger partial charge on any atom is -0.396 e. The van der Waals surface area contributed by atoms with E-state index in [9.17, 15) is 9.18 Å². The van der Waals surface area contributed by atoms with Gasteiger partial charge in [-0.3, -0.25) is 0 Å². The molecular formula is C12H15FN2O2. The minimum absolute atomic E-state index is 0.0744. The van der Waals surface area contributed by atoms with Gasteiger partial charge >= 0.3 is 6.03 Å². The molecule has 1 saturated heterocycles. The number of carbonyl (C=O) groups is 1. The highest BCUT2D eigenvalue weighted by Crippen LogP contribution is 2.20. The van der Waals surface area contributed by atoms with E-state index >= 15 is 0 Å². The number of nitrogens with zero attached hydrogens (tertiary/aromatic N) is 1. The summed E-state index contributed by atoms with van der Waals surface area (Å²) in [6.07, 6.45) is 0.573. The molecule has 1 aromatic carbocycles. The van der Waals surface area contributed by atoms with Crippen molar-refractivity contribution in [1.82, 2.24) is 10.2 Å². The number of carbonyl (C=O) groups excluding carboxylic acids is 1. The van der Waals surface area contributed by atoms with E-state index in [4.69, 9.17) is 5.11 Å². The Bertz CT molecular complexity index is 394. The third kappa shape index (κ3) is 2.74. The average molecular weight is 238 g/mol. The van der Waals surface area contributed by atoms with Crippen molar-refractivity contribution in [2.24, 2.45) is 0 Å². The summed E-state index contributed by atoms with van der Waals surface area (Å²) in [5.41, 5.74) is 0.895. The lowest BCUT2D eigenvalue weighted by Crippen LogP contribution is -2.29. The first-order chi connectivity index (χ1) is 8.20. The van der Waals surface area contributed by atoms with Crippen LogP contribution in [-0.4, -0.2) is 35.7 Å². The number of urea groups is 1. The van der Waals surface area contributed by atoms with Gasteiger partial charge in [-0.25, -0.2) is 9.18 Å². The fraction of sp³-hybridized carbons (Fsp3) is 0.417. The normalized spacial score (nSPS) is 19.5. The summed E-state index contributed by atoms with van der Waals surface area (Å²) in [4.78, 5) is 13.2. The van der Waals surface area contributed by atoms with Crippen molar-refractivity contribution in [3.63, 3.8) is 0 Å². The largest absolute Gasteiger partial charge is 0.396 e. The summed E-state index contributed by atoms with van der Waals surface area (Å²) >= 11 is 0. The molecule has 0 saturated carbocycles. The quantitative estimate of drug-likeness (QED) is 0.830. The minimum atomic E-state index is -0.282. The Kier molecular flexibility index (Phi) is 3.58. The predicted molar refractivity (Wildman–Crippen MR) is 60.9 cm³/mol. The fourth-order valence-electron chi connectivity index (χ4n) is 1.93. The maximum atomic E-state index is 12.8. The van der Waals surface area contributed by atoms with Gasteiger partial charge in [-0.1, -0.05) is 12.1 Å². The van der Waals surface area contributed by atoms with E-state index in [2.05, 4.69) is 5.32 Å². The number of rotatable bonds is 4. The van der Waals surface area contributed by atoms with E-state index in [1.54, 1.807) is 17.0 Å². The topological polar surface area (TPSA) is 52.6 Å². The third-order valence-electron chi connectivity index (χ3n) is 2.85. The van der Waals surface area contributed by atoms with Crippen LogP contribution in [0.2, 0.25) is 0 Å². The highest BCUT2D eigenvalue weighted by Gasteiger charge is 2.28. The van der Waals surface area contributed by atoms with Crippen LogP contribution in [0.25, 0.3) is 0 Å². The van der Waals surface area contributed by atoms with E-state index < -0.39 is 0 Å². The van der Waals surface area contributed by atoms with Gasteiger partial charge in [-0.2, -0.15) is 0 Å². The first kappa shape index (κ1) is 11.9. The Hall–Kier alpha value is -1.62. The second-order valence-electron chi connectivity index (χ2n) is 4.08. The van der Waals surface area contributed by atoms with Crippen molar-refractivity contribution in [1.29, 1.82) is 0 Å². The summed E-state index contributed by atoms with van der Waals surface area (Å²) in [6, 6.07) is 5.90. The molecule has 1 atom stereocenters. The van der Waals surface area contributed by atoms with Crippen LogP contribution in [0.1, 0.15) is 18.0 Å². The molecule has 0 aliphatic carbocycles. The second-order valence-corrected chi connectivity index (χ2v) is 4.08. The van der Waals surface area contributed by atoms with E-state index in [0.29, 0.717) is 19.5 Å². The maximum absolute atomic E-state index is 12.8. The lowest BCUT2D eigenvalue weighted by molar-refractivity contribution is 0.209. The Balaban J connectivity index is 2.00. The molecule has 0 aromatic heterocycles. The Labute approximate surface area is 99.0 Å². The number of aliphatic hydroxyl groups excluding tert-OH is 1. The Morgan fingerprint density at radius 1 is 1.41 bits per heavy atom. The van der Waals surface area contributed by atoms with Crippen molar-refractivity contribution in [2.75, 3.05) is 19.7 Å². The van der Waals surface area contributed by atoms with Crippen LogP contribution in [0.3, 0.4) is 0 Å². The molecule has 4 nitrogen and oxygen atoms in total. The number of hydrogen-bond donors (Lipinski definition) is 2. The van der Waals surface area contributed by atoms with Crippen LogP contribution in [0.15, 0.2) is 24.3 Å². The first-order valence-electron chi connectivity index (χ1n) is 5.62. The zero-order chi connectivity index (χ0) is 12.3. The highest BCUT2D eigenvalue weighted by atomic mass is 19.1. The molecule has 92 valence electrons. The number of nitrogens with one attached hydrogen (secondary N) is 1. The SMILES string of the molecule is O=C1NC(c2ccc(F)cc2)CN1CCCO. The monoisotopic (exact) mass is 238 g/mol. The molecule has 0 radical (unpaired) electrons. The van der Waals surface area contributed by atoms with Crippen LogP contribution >= 0.6 is 0 Å².